The van der Waals surface area contributed by atoms with Gasteiger partial charge in [-0.2, -0.15) is 4.31 Å². The van der Waals surface area contributed by atoms with Crippen LogP contribution in [0.2, 0.25) is 5.02 Å². The van der Waals surface area contributed by atoms with Crippen molar-refractivity contribution in [3.63, 3.8) is 0 Å². The molecule has 4 nitrogen and oxygen atoms in total. The van der Waals surface area contributed by atoms with Gasteiger partial charge in [0.1, 0.15) is 4.90 Å². The third-order valence-corrected chi connectivity index (χ3v) is 5.98. The van der Waals surface area contributed by atoms with Gasteiger partial charge in [0.25, 0.3) is 0 Å². The molecule has 0 saturated carbocycles. The molecule has 1 fully saturated rings. The highest BCUT2D eigenvalue weighted by Gasteiger charge is 2.32. The van der Waals surface area contributed by atoms with Crippen molar-refractivity contribution < 1.29 is 12.8 Å². The monoisotopic (exact) mass is 356 g/mol. The Morgan fingerprint density at radius 1 is 1.38 bits per heavy atom. The van der Waals surface area contributed by atoms with E-state index in [1.807, 2.05) is 6.92 Å². The minimum absolute atomic E-state index is 0. The zero-order chi connectivity index (χ0) is 14.9. The van der Waals surface area contributed by atoms with Crippen molar-refractivity contribution in [3.05, 3.63) is 29.0 Å². The number of nitrogens with zero attached hydrogens (tertiary/aromatic N) is 1. The van der Waals surface area contributed by atoms with E-state index in [1.54, 1.807) is 0 Å². The van der Waals surface area contributed by atoms with Gasteiger partial charge >= 0.3 is 0 Å². The van der Waals surface area contributed by atoms with Crippen LogP contribution in [0.1, 0.15) is 19.8 Å². The average molecular weight is 357 g/mol. The van der Waals surface area contributed by atoms with Crippen LogP contribution in [-0.2, 0) is 10.0 Å². The van der Waals surface area contributed by atoms with E-state index in [9.17, 15) is 12.8 Å². The number of piperidine rings is 1. The smallest absolute Gasteiger partial charge is 0.246 e. The van der Waals surface area contributed by atoms with E-state index in [0.29, 0.717) is 31.8 Å². The largest absolute Gasteiger partial charge is 0.328 e. The number of nitrogens with two attached hydrogens (primary N) is 1. The van der Waals surface area contributed by atoms with Gasteiger partial charge in [-0.15, -0.1) is 12.4 Å². The second kappa shape index (κ2) is 7.24. The molecule has 0 aromatic heterocycles. The summed E-state index contributed by atoms with van der Waals surface area (Å²) in [7, 11) is -3.83. The standard InChI is InChI=1S/C13H18ClFN2O2S.ClH/c1-9(16)10-5-7-17(8-6-10)20(18,19)12-4-2-3-11(14)13(12)15;/h2-4,9-10H,5-8,16H2,1H3;1H. The molecule has 21 heavy (non-hydrogen) atoms. The first-order valence-corrected chi connectivity index (χ1v) is 8.35. The quantitative estimate of drug-likeness (QED) is 0.905. The van der Waals surface area contributed by atoms with Crippen molar-refractivity contribution in [1.82, 2.24) is 4.31 Å². The molecule has 0 aliphatic carbocycles. The number of rotatable bonds is 3. The van der Waals surface area contributed by atoms with Crippen LogP contribution >= 0.6 is 24.0 Å². The van der Waals surface area contributed by atoms with Crippen LogP contribution in [0.5, 0.6) is 0 Å². The number of hydrogen-bond donors (Lipinski definition) is 1. The molecule has 1 aromatic carbocycles. The highest BCUT2D eigenvalue weighted by molar-refractivity contribution is 7.89. The van der Waals surface area contributed by atoms with Crippen LogP contribution in [0.15, 0.2) is 23.1 Å². The van der Waals surface area contributed by atoms with Crippen molar-refractivity contribution in [3.8, 4) is 0 Å². The van der Waals surface area contributed by atoms with Crippen LogP contribution in [0, 0.1) is 11.7 Å². The molecular weight excluding hydrogens is 338 g/mol. The second-order valence-electron chi connectivity index (χ2n) is 5.15. The molecule has 0 spiro atoms. The summed E-state index contributed by atoms with van der Waals surface area (Å²) < 4.78 is 40.1. The lowest BCUT2D eigenvalue weighted by atomic mass is 9.92. The molecule has 120 valence electrons. The van der Waals surface area contributed by atoms with Gasteiger partial charge in [-0.3, -0.25) is 0 Å². The highest BCUT2D eigenvalue weighted by atomic mass is 35.5. The number of benzene rings is 1. The van der Waals surface area contributed by atoms with Crippen LogP contribution in [0.25, 0.3) is 0 Å². The SMILES string of the molecule is CC(N)C1CCN(S(=O)(=O)c2cccc(Cl)c2F)CC1.Cl. The van der Waals surface area contributed by atoms with Gasteiger partial charge in [0, 0.05) is 19.1 Å². The maximum Gasteiger partial charge on any atom is 0.246 e. The van der Waals surface area contributed by atoms with Gasteiger partial charge in [-0.25, -0.2) is 12.8 Å². The summed E-state index contributed by atoms with van der Waals surface area (Å²) in [5.41, 5.74) is 5.83. The zero-order valence-electron chi connectivity index (χ0n) is 11.6. The van der Waals surface area contributed by atoms with E-state index in [0.717, 1.165) is 0 Å². The Bertz CT molecular complexity index is 588. The van der Waals surface area contributed by atoms with Crippen molar-refractivity contribution in [1.29, 1.82) is 0 Å². The lowest BCUT2D eigenvalue weighted by molar-refractivity contribution is 0.250. The Labute approximate surface area is 135 Å². The molecule has 1 aliphatic rings. The van der Waals surface area contributed by atoms with Gasteiger partial charge < -0.3 is 5.73 Å². The third kappa shape index (κ3) is 3.87. The van der Waals surface area contributed by atoms with Gasteiger partial charge in [0.15, 0.2) is 5.82 Å². The Morgan fingerprint density at radius 2 is 1.95 bits per heavy atom. The summed E-state index contributed by atoms with van der Waals surface area (Å²) in [5.74, 6) is -0.575. The molecule has 1 aromatic rings. The molecule has 2 rings (SSSR count). The van der Waals surface area contributed by atoms with Crippen molar-refractivity contribution in [2.75, 3.05) is 13.1 Å². The molecule has 8 heteroatoms. The van der Waals surface area contributed by atoms with Crippen molar-refractivity contribution in [2.24, 2.45) is 11.7 Å². The minimum Gasteiger partial charge on any atom is -0.328 e. The third-order valence-electron chi connectivity index (χ3n) is 3.78. The summed E-state index contributed by atoms with van der Waals surface area (Å²) in [4.78, 5) is -0.357. The Kier molecular flexibility index (Phi) is 6.43. The van der Waals surface area contributed by atoms with Crippen LogP contribution < -0.4 is 5.73 Å². The number of sulfonamides is 1. The summed E-state index contributed by atoms with van der Waals surface area (Å²) in [6, 6.07) is 4.06. The first-order chi connectivity index (χ1) is 9.34. The van der Waals surface area contributed by atoms with Crippen LogP contribution in [-0.4, -0.2) is 31.9 Å². The van der Waals surface area contributed by atoms with E-state index in [-0.39, 0.29) is 28.4 Å². The zero-order valence-corrected chi connectivity index (χ0v) is 14.0. The summed E-state index contributed by atoms with van der Waals surface area (Å²) in [6.45, 7) is 2.65. The number of hydrogen-bond acceptors (Lipinski definition) is 3. The fourth-order valence-electron chi connectivity index (χ4n) is 2.46. The maximum atomic E-state index is 13.9. The molecule has 1 unspecified atom stereocenters. The lowest BCUT2D eigenvalue weighted by Gasteiger charge is -2.33. The Morgan fingerprint density at radius 3 is 2.48 bits per heavy atom. The predicted molar refractivity (Wildman–Crippen MR) is 83.8 cm³/mol. The minimum atomic E-state index is -3.83. The average Bonchev–Trinajstić information content (AvgIpc) is 2.41. The van der Waals surface area contributed by atoms with E-state index in [4.69, 9.17) is 17.3 Å². The summed E-state index contributed by atoms with van der Waals surface area (Å²) >= 11 is 5.65. The van der Waals surface area contributed by atoms with Gasteiger partial charge in [0.2, 0.25) is 10.0 Å². The van der Waals surface area contributed by atoms with E-state index >= 15 is 0 Å². The molecule has 2 N–H and O–H groups in total. The molecule has 1 aliphatic heterocycles. The van der Waals surface area contributed by atoms with Gasteiger partial charge in [-0.1, -0.05) is 17.7 Å². The second-order valence-corrected chi connectivity index (χ2v) is 7.47. The first kappa shape index (κ1) is 18.6. The van der Waals surface area contributed by atoms with Crippen molar-refractivity contribution in [2.45, 2.75) is 30.7 Å². The molecule has 1 saturated heterocycles. The van der Waals surface area contributed by atoms with E-state index in [1.165, 1.54) is 22.5 Å². The predicted octanol–water partition coefficient (Wildman–Crippen LogP) is 2.65. The fraction of sp³-hybridized carbons (Fsp3) is 0.538. The molecule has 0 radical (unpaired) electrons. The van der Waals surface area contributed by atoms with E-state index in [2.05, 4.69) is 0 Å². The Balaban J connectivity index is 0.00000220. The molecule has 0 amide bonds. The topological polar surface area (TPSA) is 63.4 Å². The molecule has 1 heterocycles. The number of halogens is 3. The van der Waals surface area contributed by atoms with E-state index < -0.39 is 15.8 Å². The van der Waals surface area contributed by atoms with Gasteiger partial charge in [-0.05, 0) is 37.8 Å². The summed E-state index contributed by atoms with van der Waals surface area (Å²) in [5, 5.41) is -0.184. The van der Waals surface area contributed by atoms with Crippen LogP contribution in [0.3, 0.4) is 0 Å². The summed E-state index contributed by atoms with van der Waals surface area (Å²) in [6.07, 6.45) is 1.39. The maximum absolute atomic E-state index is 13.9. The lowest BCUT2D eigenvalue weighted by Crippen LogP contribution is -2.42. The molecule has 1 atom stereocenters. The van der Waals surface area contributed by atoms with Gasteiger partial charge in [0.05, 0.1) is 5.02 Å². The normalized spacial score (nSPS) is 19.0. The van der Waals surface area contributed by atoms with Crippen LogP contribution in [0.4, 0.5) is 4.39 Å². The molecule has 0 bridgehead atoms. The van der Waals surface area contributed by atoms with Crippen molar-refractivity contribution >= 4 is 34.0 Å². The Hall–Kier alpha value is -0.400. The fourth-order valence-corrected chi connectivity index (χ4v) is 4.25. The highest BCUT2D eigenvalue weighted by Crippen LogP contribution is 2.28. The molecular formula is C13H19Cl2FN2O2S. The first-order valence-electron chi connectivity index (χ1n) is 6.53.